The molecule has 2 aromatic carbocycles. The summed E-state index contributed by atoms with van der Waals surface area (Å²) in [4.78, 5) is 0. The topological polar surface area (TPSA) is 36.9 Å². The quantitative estimate of drug-likeness (QED) is 0.0648. The minimum absolute atomic E-state index is 0.408. The molecular formula is C38H63O4P. The van der Waals surface area contributed by atoms with E-state index in [1.165, 1.54) is 116 Å². The normalized spacial score (nSPS) is 12.1. The average Bonchev–Trinajstić information content (AvgIpc) is 3.03. The van der Waals surface area contributed by atoms with Crippen molar-refractivity contribution in [3.05, 3.63) is 60.7 Å². The van der Waals surface area contributed by atoms with Gasteiger partial charge >= 0.3 is 8.60 Å². The fraction of sp³-hybridized carbons (Fsp3) is 0.684. The van der Waals surface area contributed by atoms with E-state index in [1.807, 2.05) is 60.7 Å². The van der Waals surface area contributed by atoms with Gasteiger partial charge in [-0.1, -0.05) is 159 Å². The molecule has 244 valence electrons. The molecule has 0 spiro atoms. The molecule has 0 amide bonds. The summed E-state index contributed by atoms with van der Waals surface area (Å²) in [6, 6.07) is 19.6. The number of hydrogen-bond donors (Lipinski definition) is 0. The van der Waals surface area contributed by atoms with Crippen molar-refractivity contribution in [3.63, 3.8) is 0 Å². The van der Waals surface area contributed by atoms with Crippen molar-refractivity contribution in [2.45, 2.75) is 155 Å². The summed E-state index contributed by atoms with van der Waals surface area (Å²) >= 11 is 0. The third-order valence-electron chi connectivity index (χ3n) is 7.94. The molecule has 0 aliphatic heterocycles. The van der Waals surface area contributed by atoms with Gasteiger partial charge in [-0.15, -0.1) is 0 Å². The van der Waals surface area contributed by atoms with Gasteiger partial charge in [0.2, 0.25) is 0 Å². The van der Waals surface area contributed by atoms with Crippen LogP contribution in [0.1, 0.15) is 149 Å². The van der Waals surface area contributed by atoms with Gasteiger partial charge in [0.25, 0.3) is 0 Å². The molecule has 0 aromatic heterocycles. The van der Waals surface area contributed by atoms with Crippen molar-refractivity contribution < 1.29 is 18.3 Å². The molecule has 43 heavy (non-hydrogen) atoms. The van der Waals surface area contributed by atoms with E-state index in [4.69, 9.17) is 18.3 Å². The van der Waals surface area contributed by atoms with E-state index in [9.17, 15) is 0 Å². The molecule has 0 N–H and O–H groups in total. The van der Waals surface area contributed by atoms with Gasteiger partial charge in [-0.25, -0.2) is 0 Å². The molecule has 0 saturated heterocycles. The Balaban J connectivity index is 1.61. The maximum Gasteiger partial charge on any atom is 0.463 e. The van der Waals surface area contributed by atoms with Crippen molar-refractivity contribution >= 4 is 8.60 Å². The standard InChI is InChI=1S/C38H63O4P/c1-3-5-7-9-10-11-12-13-14-16-26-34-39-36(28-20-15-8-6-4-2)29-25-19-27-35-40-43(41-37-30-21-17-22-31-37)42-38-32-23-18-24-33-38/h17-18,21-24,30-33,36H,3-16,19-20,25-29,34-35H2,1-2H3. The minimum Gasteiger partial charge on any atom is -0.418 e. The van der Waals surface area contributed by atoms with E-state index >= 15 is 0 Å². The van der Waals surface area contributed by atoms with E-state index in [1.54, 1.807) is 0 Å². The Labute approximate surface area is 266 Å². The van der Waals surface area contributed by atoms with Crippen LogP contribution in [-0.2, 0) is 9.26 Å². The molecule has 5 heteroatoms. The minimum atomic E-state index is -1.51. The molecule has 0 bridgehead atoms. The molecule has 0 saturated carbocycles. The number of para-hydroxylation sites is 2. The van der Waals surface area contributed by atoms with Gasteiger partial charge < -0.3 is 13.8 Å². The molecule has 0 aliphatic rings. The van der Waals surface area contributed by atoms with Gasteiger partial charge in [0, 0.05) is 6.61 Å². The van der Waals surface area contributed by atoms with Crippen LogP contribution in [0.15, 0.2) is 60.7 Å². The first-order valence-corrected chi connectivity index (χ1v) is 18.9. The third kappa shape index (κ3) is 21.7. The van der Waals surface area contributed by atoms with E-state index < -0.39 is 8.60 Å². The Hall–Kier alpha value is -1.61. The largest absolute Gasteiger partial charge is 0.463 e. The number of unbranched alkanes of at least 4 members (excludes halogenated alkanes) is 16. The number of benzene rings is 2. The van der Waals surface area contributed by atoms with Crippen LogP contribution >= 0.6 is 8.60 Å². The molecule has 2 rings (SSSR count). The second-order valence-corrected chi connectivity index (χ2v) is 13.0. The Bertz CT molecular complexity index is 793. The summed E-state index contributed by atoms with van der Waals surface area (Å²) in [5, 5.41) is 0. The molecular weight excluding hydrogens is 551 g/mol. The summed E-state index contributed by atoms with van der Waals surface area (Å²) in [6.45, 7) is 6.14. The van der Waals surface area contributed by atoms with E-state index in [-0.39, 0.29) is 0 Å². The lowest BCUT2D eigenvalue weighted by Gasteiger charge is -2.19. The van der Waals surface area contributed by atoms with Crippen LogP contribution in [0, 0.1) is 0 Å². The highest BCUT2D eigenvalue weighted by molar-refractivity contribution is 7.42. The summed E-state index contributed by atoms with van der Waals surface area (Å²) in [5.41, 5.74) is 0. The lowest BCUT2D eigenvalue weighted by molar-refractivity contribution is 0.0355. The second kappa shape index (κ2) is 27.9. The zero-order chi connectivity index (χ0) is 30.5. The first kappa shape index (κ1) is 37.6. The van der Waals surface area contributed by atoms with Crippen LogP contribution in [-0.4, -0.2) is 19.3 Å². The van der Waals surface area contributed by atoms with Crippen molar-refractivity contribution in [3.8, 4) is 11.5 Å². The van der Waals surface area contributed by atoms with Gasteiger partial charge in [-0.3, -0.25) is 4.52 Å². The van der Waals surface area contributed by atoms with E-state index in [2.05, 4.69) is 13.8 Å². The van der Waals surface area contributed by atoms with Crippen LogP contribution in [0.3, 0.4) is 0 Å². The van der Waals surface area contributed by atoms with Crippen LogP contribution in [0.5, 0.6) is 11.5 Å². The maximum absolute atomic E-state index is 6.44. The Morgan fingerprint density at radius 2 is 0.860 bits per heavy atom. The molecule has 0 radical (unpaired) electrons. The second-order valence-electron chi connectivity index (χ2n) is 11.9. The zero-order valence-electron chi connectivity index (χ0n) is 27.7. The summed E-state index contributed by atoms with van der Waals surface area (Å²) < 4.78 is 24.6. The monoisotopic (exact) mass is 614 g/mol. The van der Waals surface area contributed by atoms with Crippen molar-refractivity contribution in [2.24, 2.45) is 0 Å². The van der Waals surface area contributed by atoms with Crippen LogP contribution in [0.2, 0.25) is 0 Å². The van der Waals surface area contributed by atoms with Gasteiger partial charge in [-0.05, 0) is 49.9 Å². The molecule has 4 nitrogen and oxygen atoms in total. The van der Waals surface area contributed by atoms with Crippen LogP contribution in [0.25, 0.3) is 0 Å². The van der Waals surface area contributed by atoms with Crippen molar-refractivity contribution in [1.82, 2.24) is 0 Å². The van der Waals surface area contributed by atoms with E-state index in [0.717, 1.165) is 37.4 Å². The first-order chi connectivity index (χ1) is 21.3. The highest BCUT2D eigenvalue weighted by Crippen LogP contribution is 2.41. The van der Waals surface area contributed by atoms with Gasteiger partial charge in [0.15, 0.2) is 0 Å². The van der Waals surface area contributed by atoms with Gasteiger partial charge in [0.1, 0.15) is 11.5 Å². The van der Waals surface area contributed by atoms with Crippen LogP contribution in [0.4, 0.5) is 0 Å². The van der Waals surface area contributed by atoms with Crippen LogP contribution < -0.4 is 9.05 Å². The predicted molar refractivity (Wildman–Crippen MR) is 185 cm³/mol. The highest BCUT2D eigenvalue weighted by atomic mass is 31.2. The molecule has 1 unspecified atom stereocenters. The molecule has 2 aromatic rings. The predicted octanol–water partition coefficient (Wildman–Crippen LogP) is 13.0. The summed E-state index contributed by atoms with van der Waals surface area (Å²) in [5.74, 6) is 1.53. The lowest BCUT2D eigenvalue weighted by atomic mass is 10.0. The molecule has 0 fully saturated rings. The molecule has 1 atom stereocenters. The fourth-order valence-electron chi connectivity index (χ4n) is 5.30. The molecule has 0 heterocycles. The van der Waals surface area contributed by atoms with Gasteiger partial charge in [-0.2, -0.15) is 0 Å². The molecule has 0 aliphatic carbocycles. The number of rotatable bonds is 30. The summed E-state index contributed by atoms with van der Waals surface area (Å²) in [6.07, 6.45) is 27.9. The number of hydrogen-bond acceptors (Lipinski definition) is 4. The highest BCUT2D eigenvalue weighted by Gasteiger charge is 2.17. The number of ether oxygens (including phenoxy) is 1. The summed E-state index contributed by atoms with van der Waals surface area (Å²) in [7, 11) is -1.51. The van der Waals surface area contributed by atoms with Crippen molar-refractivity contribution in [2.75, 3.05) is 13.2 Å². The third-order valence-corrected chi connectivity index (χ3v) is 9.06. The van der Waals surface area contributed by atoms with Crippen molar-refractivity contribution in [1.29, 1.82) is 0 Å². The SMILES string of the molecule is CCCCCCCCCCCCCOC(CCCCCCC)CCCCCOP(Oc1ccccc1)Oc1ccccc1. The lowest BCUT2D eigenvalue weighted by Crippen LogP contribution is -2.14. The Kier molecular flexibility index (Phi) is 24.4. The smallest absolute Gasteiger partial charge is 0.418 e. The maximum atomic E-state index is 6.44. The van der Waals surface area contributed by atoms with E-state index in [0.29, 0.717) is 12.7 Å². The Morgan fingerprint density at radius 1 is 0.465 bits per heavy atom. The van der Waals surface area contributed by atoms with Gasteiger partial charge in [0.05, 0.1) is 12.7 Å². The average molecular weight is 615 g/mol. The zero-order valence-corrected chi connectivity index (χ0v) is 28.6. The Morgan fingerprint density at radius 3 is 1.35 bits per heavy atom. The first-order valence-electron chi connectivity index (χ1n) is 17.8. The fourth-order valence-corrected chi connectivity index (χ4v) is 6.31.